The zero-order chi connectivity index (χ0) is 21.1. The van der Waals surface area contributed by atoms with Crippen molar-refractivity contribution in [2.24, 2.45) is 5.92 Å². The third-order valence-electron chi connectivity index (χ3n) is 7.03. The second-order valence-corrected chi connectivity index (χ2v) is 9.63. The first kappa shape index (κ1) is 24.3. The number of hydrogen-bond donors (Lipinski definition) is 0. The van der Waals surface area contributed by atoms with Gasteiger partial charge in [-0.1, -0.05) is 38.8 Å². The Kier molecular flexibility index (Phi) is 11.2. The molecule has 0 aliphatic carbocycles. The van der Waals surface area contributed by atoms with E-state index in [0.717, 1.165) is 12.5 Å². The van der Waals surface area contributed by atoms with E-state index in [1.54, 1.807) is 0 Å². The zero-order valence-corrected chi connectivity index (χ0v) is 19.8. The topological polar surface area (TPSA) is 13.0 Å². The number of rotatable bonds is 13. The van der Waals surface area contributed by atoms with Crippen LogP contribution in [0.5, 0.6) is 0 Å². The molecule has 0 spiro atoms. The molecule has 0 aromatic rings. The van der Waals surface area contributed by atoms with Gasteiger partial charge in [-0.05, 0) is 65.1 Å². The summed E-state index contributed by atoms with van der Waals surface area (Å²) in [6.07, 6.45) is 12.0. The predicted octanol–water partition coefficient (Wildman–Crippen LogP) is 4.66. The van der Waals surface area contributed by atoms with E-state index in [1.165, 1.54) is 115 Å². The quantitative estimate of drug-likeness (QED) is 0.414. The number of piperazine rings is 1. The van der Waals surface area contributed by atoms with Crippen molar-refractivity contribution in [1.82, 2.24) is 19.6 Å². The number of allylic oxidation sites excluding steroid dienone is 2. The number of hydrogen-bond acceptors (Lipinski definition) is 4. The lowest BCUT2D eigenvalue weighted by Gasteiger charge is -2.39. The predicted molar refractivity (Wildman–Crippen MR) is 127 cm³/mol. The monoisotopic (exact) mass is 404 g/mol. The maximum absolute atomic E-state index is 4.40. The molecular formula is C25H48N4. The van der Waals surface area contributed by atoms with Crippen molar-refractivity contribution in [1.29, 1.82) is 0 Å². The summed E-state index contributed by atoms with van der Waals surface area (Å²) in [5.41, 5.74) is 2.55. The molecule has 0 aromatic carbocycles. The van der Waals surface area contributed by atoms with Gasteiger partial charge < -0.3 is 14.7 Å². The molecule has 0 bridgehead atoms. The highest BCUT2D eigenvalue weighted by atomic mass is 15.3. The fourth-order valence-electron chi connectivity index (χ4n) is 4.59. The molecule has 2 aliphatic heterocycles. The van der Waals surface area contributed by atoms with Gasteiger partial charge in [-0.15, -0.1) is 0 Å². The summed E-state index contributed by atoms with van der Waals surface area (Å²) in [6.45, 7) is 20.3. The Morgan fingerprint density at radius 2 is 1.45 bits per heavy atom. The van der Waals surface area contributed by atoms with Crippen LogP contribution in [-0.2, 0) is 0 Å². The Morgan fingerprint density at radius 3 is 2.07 bits per heavy atom. The standard InChI is InChI=1S/C25H48N4/c1-23(2)27(5)15-11-9-7-6-8-10-12-24(3)29-20-18-28(19-21-29)22-25-13-16-26(4)17-14-25/h25H,1,3,6-22H2,2,4-5H3. The van der Waals surface area contributed by atoms with Gasteiger partial charge in [0, 0.05) is 57.7 Å². The highest BCUT2D eigenvalue weighted by Crippen LogP contribution is 2.20. The maximum Gasteiger partial charge on any atom is 0.0303 e. The van der Waals surface area contributed by atoms with Crippen LogP contribution < -0.4 is 0 Å². The summed E-state index contributed by atoms with van der Waals surface area (Å²) in [7, 11) is 4.40. The largest absolute Gasteiger partial charge is 0.379 e. The van der Waals surface area contributed by atoms with Crippen molar-refractivity contribution in [2.45, 2.75) is 64.7 Å². The first-order chi connectivity index (χ1) is 14.0. The van der Waals surface area contributed by atoms with Gasteiger partial charge in [-0.3, -0.25) is 4.90 Å². The van der Waals surface area contributed by atoms with Crippen LogP contribution in [0.25, 0.3) is 0 Å². The van der Waals surface area contributed by atoms with Crippen molar-refractivity contribution in [2.75, 3.05) is 66.5 Å². The third kappa shape index (κ3) is 9.57. The van der Waals surface area contributed by atoms with Gasteiger partial charge in [0.05, 0.1) is 0 Å². The number of piperidine rings is 1. The van der Waals surface area contributed by atoms with Crippen molar-refractivity contribution in [3.63, 3.8) is 0 Å². The minimum Gasteiger partial charge on any atom is -0.379 e. The molecule has 2 aliphatic rings. The Labute approximate surface area is 181 Å². The van der Waals surface area contributed by atoms with Gasteiger partial charge in [0.2, 0.25) is 0 Å². The second kappa shape index (κ2) is 13.3. The van der Waals surface area contributed by atoms with E-state index in [9.17, 15) is 0 Å². The van der Waals surface area contributed by atoms with E-state index in [0.29, 0.717) is 0 Å². The van der Waals surface area contributed by atoms with Crippen molar-refractivity contribution in [3.05, 3.63) is 24.6 Å². The van der Waals surface area contributed by atoms with Crippen LogP contribution in [0.3, 0.4) is 0 Å². The molecule has 29 heavy (non-hydrogen) atoms. The molecule has 2 saturated heterocycles. The van der Waals surface area contributed by atoms with Crippen LogP contribution in [0, 0.1) is 5.92 Å². The first-order valence-corrected chi connectivity index (χ1v) is 12.2. The SMILES string of the molecule is C=C(C)N(C)CCCCCCCCC(=C)N1CCN(CC2CCN(C)CC2)CC1. The van der Waals surface area contributed by atoms with E-state index in [2.05, 4.69) is 53.8 Å². The smallest absolute Gasteiger partial charge is 0.0303 e. The number of likely N-dealkylation sites (tertiary alicyclic amines) is 1. The van der Waals surface area contributed by atoms with Gasteiger partial charge >= 0.3 is 0 Å². The molecule has 4 nitrogen and oxygen atoms in total. The second-order valence-electron chi connectivity index (χ2n) is 9.63. The van der Waals surface area contributed by atoms with Crippen LogP contribution in [0.4, 0.5) is 0 Å². The Balaban J connectivity index is 1.46. The molecule has 0 atom stereocenters. The summed E-state index contributed by atoms with van der Waals surface area (Å²) in [6, 6.07) is 0. The molecule has 0 radical (unpaired) electrons. The minimum atomic E-state index is 0.919. The van der Waals surface area contributed by atoms with Crippen LogP contribution in [0.15, 0.2) is 24.6 Å². The van der Waals surface area contributed by atoms with E-state index in [-0.39, 0.29) is 0 Å². The van der Waals surface area contributed by atoms with Crippen molar-refractivity contribution in [3.8, 4) is 0 Å². The lowest BCUT2D eigenvalue weighted by atomic mass is 9.96. The van der Waals surface area contributed by atoms with Gasteiger partial charge in [0.1, 0.15) is 0 Å². The molecule has 2 heterocycles. The highest BCUT2D eigenvalue weighted by Gasteiger charge is 2.23. The molecule has 0 N–H and O–H groups in total. The van der Waals surface area contributed by atoms with Crippen molar-refractivity contribution < 1.29 is 0 Å². The fraction of sp³-hybridized carbons (Fsp3) is 0.840. The van der Waals surface area contributed by atoms with Crippen LogP contribution in [0.1, 0.15) is 64.7 Å². The van der Waals surface area contributed by atoms with Crippen LogP contribution in [-0.4, -0.2) is 86.1 Å². The molecule has 0 aromatic heterocycles. The molecule has 4 heteroatoms. The molecule has 0 amide bonds. The molecule has 168 valence electrons. The Morgan fingerprint density at radius 1 is 0.862 bits per heavy atom. The zero-order valence-electron chi connectivity index (χ0n) is 19.8. The van der Waals surface area contributed by atoms with E-state index in [4.69, 9.17) is 0 Å². The molecular weight excluding hydrogens is 356 g/mol. The summed E-state index contributed by atoms with van der Waals surface area (Å²) in [5, 5.41) is 0. The summed E-state index contributed by atoms with van der Waals surface area (Å²) >= 11 is 0. The van der Waals surface area contributed by atoms with E-state index < -0.39 is 0 Å². The van der Waals surface area contributed by atoms with E-state index in [1.807, 2.05) is 0 Å². The number of unbranched alkanes of at least 4 members (excludes halogenated alkanes) is 5. The van der Waals surface area contributed by atoms with Crippen LogP contribution >= 0.6 is 0 Å². The summed E-state index contributed by atoms with van der Waals surface area (Å²) in [4.78, 5) is 9.99. The van der Waals surface area contributed by atoms with Gasteiger partial charge in [0.15, 0.2) is 0 Å². The van der Waals surface area contributed by atoms with Gasteiger partial charge in [-0.2, -0.15) is 0 Å². The maximum atomic E-state index is 4.40. The lowest BCUT2D eigenvalue weighted by Crippen LogP contribution is -2.48. The number of nitrogens with zero attached hydrogens (tertiary/aromatic N) is 4. The summed E-state index contributed by atoms with van der Waals surface area (Å²) < 4.78 is 0. The first-order valence-electron chi connectivity index (χ1n) is 12.2. The highest BCUT2D eigenvalue weighted by molar-refractivity contribution is 4.96. The molecule has 0 unspecified atom stereocenters. The van der Waals surface area contributed by atoms with E-state index >= 15 is 0 Å². The Hall–Kier alpha value is -1.00. The van der Waals surface area contributed by atoms with Crippen molar-refractivity contribution >= 4 is 0 Å². The van der Waals surface area contributed by atoms with Gasteiger partial charge in [-0.25, -0.2) is 0 Å². The average molecular weight is 405 g/mol. The fourth-order valence-corrected chi connectivity index (χ4v) is 4.59. The molecule has 2 fully saturated rings. The normalized spacial score (nSPS) is 19.5. The third-order valence-corrected chi connectivity index (χ3v) is 7.03. The lowest BCUT2D eigenvalue weighted by molar-refractivity contribution is 0.114. The molecule has 0 saturated carbocycles. The average Bonchev–Trinajstić information content (AvgIpc) is 2.71. The summed E-state index contributed by atoms with van der Waals surface area (Å²) in [5.74, 6) is 0.919. The minimum absolute atomic E-state index is 0.919. The van der Waals surface area contributed by atoms with Crippen LogP contribution in [0.2, 0.25) is 0 Å². The molecule has 2 rings (SSSR count). The Bertz CT molecular complexity index is 473. The van der Waals surface area contributed by atoms with Gasteiger partial charge in [0.25, 0.3) is 0 Å².